The topological polar surface area (TPSA) is 463 Å². The molecule has 0 aromatic heterocycles. The fraction of sp³-hybridized carbons (Fsp3) is 0.973. The third kappa shape index (κ3) is 11.0. The van der Waals surface area contributed by atoms with Gasteiger partial charge in [-0.2, -0.15) is 0 Å². The molecule has 30 atom stereocenters. The monoisotopic (exact) mass is 970 g/mol. The quantitative estimate of drug-likeness (QED) is 0.0768. The van der Waals surface area contributed by atoms with Gasteiger partial charge in [0.25, 0.3) is 0 Å². The third-order valence-electron chi connectivity index (χ3n) is 12.5. The zero-order chi connectivity index (χ0) is 48.8. The van der Waals surface area contributed by atoms with Crippen LogP contribution in [0.15, 0.2) is 0 Å². The molecule has 6 saturated heterocycles. The number of aliphatic hydroxyl groups excluding tert-OH is 16. The lowest BCUT2D eigenvalue weighted by molar-refractivity contribution is -0.408. The van der Waals surface area contributed by atoms with Gasteiger partial charge in [0.2, 0.25) is 0 Å². The summed E-state index contributed by atoms with van der Waals surface area (Å²) in [6.07, 6.45) is -57.4. The van der Waals surface area contributed by atoms with E-state index in [9.17, 15) is 91.6 Å². The van der Waals surface area contributed by atoms with Crippen molar-refractivity contribution in [2.75, 3.05) is 13.2 Å². The van der Waals surface area contributed by atoms with Crippen LogP contribution in [0.5, 0.6) is 0 Å². The van der Waals surface area contributed by atoms with E-state index in [2.05, 4.69) is 0 Å². The Balaban J connectivity index is 1.33. The number of hydrogen-bond acceptors (Lipinski definition) is 28. The summed E-state index contributed by atoms with van der Waals surface area (Å²) in [7, 11) is 0. The van der Waals surface area contributed by atoms with Gasteiger partial charge in [-0.1, -0.05) is 0 Å². The van der Waals surface area contributed by atoms with E-state index < -0.39 is 210 Å². The molecule has 6 aliphatic rings. The van der Waals surface area contributed by atoms with Crippen molar-refractivity contribution in [3.8, 4) is 0 Å². The lowest BCUT2D eigenvalue weighted by Gasteiger charge is -2.51. The van der Waals surface area contributed by atoms with Crippen LogP contribution in [0, 0.1) is 0 Å². The van der Waals surface area contributed by atoms with Gasteiger partial charge in [0.15, 0.2) is 37.7 Å². The summed E-state index contributed by atoms with van der Waals surface area (Å²) in [5, 5.41) is 182. The van der Waals surface area contributed by atoms with Crippen molar-refractivity contribution in [3.05, 3.63) is 0 Å². The van der Waals surface area contributed by atoms with E-state index in [1.54, 1.807) is 0 Å². The summed E-state index contributed by atoms with van der Waals surface area (Å²) in [6, 6.07) is 0. The highest BCUT2D eigenvalue weighted by molar-refractivity contribution is 5.67. The van der Waals surface area contributed by atoms with Crippen molar-refractivity contribution < 1.29 is 144 Å². The molecule has 29 heteroatoms. The van der Waals surface area contributed by atoms with Gasteiger partial charge < -0.3 is 139 Å². The van der Waals surface area contributed by atoms with Crippen LogP contribution in [0.3, 0.4) is 0 Å². The van der Waals surface area contributed by atoms with Crippen LogP contribution in [-0.4, -0.2) is 290 Å². The number of carboxylic acids is 1. The number of aliphatic carboxylic acids is 1. The minimum atomic E-state index is -2.31. The first kappa shape index (κ1) is 53.7. The number of carbonyl (C=O) groups is 1. The molecule has 0 spiro atoms. The fourth-order valence-electron chi connectivity index (χ4n) is 8.49. The first-order valence-electron chi connectivity index (χ1n) is 21.2. The molecule has 6 rings (SSSR count). The average molecular weight is 971 g/mol. The molecule has 6 heterocycles. The van der Waals surface area contributed by atoms with Crippen LogP contribution in [-0.2, 0) is 56.9 Å². The largest absolute Gasteiger partial charge is 0.481 e. The Labute approximate surface area is 374 Å². The molecule has 0 saturated carbocycles. The molecule has 0 aromatic rings. The molecule has 0 amide bonds. The molecule has 0 radical (unpaired) electrons. The lowest BCUT2D eigenvalue weighted by atomic mass is 9.94. The van der Waals surface area contributed by atoms with Crippen molar-refractivity contribution >= 4 is 5.97 Å². The molecule has 17 N–H and O–H groups in total. The molecule has 0 aliphatic carbocycles. The van der Waals surface area contributed by atoms with Crippen molar-refractivity contribution in [3.63, 3.8) is 0 Å². The van der Waals surface area contributed by atoms with Crippen LogP contribution < -0.4 is 0 Å². The Bertz CT molecular complexity index is 1550. The van der Waals surface area contributed by atoms with Crippen LogP contribution in [0.25, 0.3) is 0 Å². The zero-order valence-corrected chi connectivity index (χ0v) is 35.4. The van der Waals surface area contributed by atoms with Gasteiger partial charge in [-0.25, -0.2) is 0 Å². The molecule has 6 aliphatic heterocycles. The average Bonchev–Trinajstić information content (AvgIpc) is 3.27. The number of aliphatic hydroxyl groups is 16. The zero-order valence-electron chi connectivity index (χ0n) is 35.4. The number of hydrogen-bond donors (Lipinski definition) is 17. The first-order valence-corrected chi connectivity index (χ1v) is 21.2. The van der Waals surface area contributed by atoms with E-state index in [1.165, 1.54) is 20.8 Å². The molecule has 0 bridgehead atoms. The summed E-state index contributed by atoms with van der Waals surface area (Å²) >= 11 is 0. The number of rotatable bonds is 14. The maximum absolute atomic E-state index is 12.3. The standard InChI is InChI=1S/C37H62O29/c1-7-16(44)21(49)30(32(55)56-7)65-36-26(54)29(27(10(59-36)4-13(40)41)62-33-23(51)19(47)14(42)8(2)57-33)64-35-25(53)28(18(46)12(6-39)60-35)63-37-31(22(50)17(45)11(5-38)61-37)66-34-24(52)20(48)15(43)9(3)58-34/h7-12,14-39,42-55H,4-6H2,1-3H3,(H,40,41)/t7-,8-,9-,10+,11+,12+,14-,15-,16-,17+,18-,19+,20+,21+,22-,23+,24?,25+,26+,27+,28-,29+,30+,31+,32?,33-,34-,35-,36+,37+/m0/s1. The highest BCUT2D eigenvalue weighted by Gasteiger charge is 2.58. The van der Waals surface area contributed by atoms with Crippen molar-refractivity contribution in [1.29, 1.82) is 0 Å². The molecular formula is C37H62O29. The highest BCUT2D eigenvalue weighted by Crippen LogP contribution is 2.38. The van der Waals surface area contributed by atoms with Gasteiger partial charge in [0.1, 0.15) is 128 Å². The molecular weight excluding hydrogens is 908 g/mol. The molecule has 66 heavy (non-hydrogen) atoms. The van der Waals surface area contributed by atoms with Gasteiger partial charge in [0.05, 0.1) is 37.9 Å². The van der Waals surface area contributed by atoms with Gasteiger partial charge in [-0.15, -0.1) is 0 Å². The predicted octanol–water partition coefficient (Wildman–Crippen LogP) is -10.5. The predicted molar refractivity (Wildman–Crippen MR) is 200 cm³/mol. The maximum atomic E-state index is 12.3. The van der Waals surface area contributed by atoms with Crippen molar-refractivity contribution in [2.24, 2.45) is 0 Å². The van der Waals surface area contributed by atoms with Crippen LogP contribution in [0.4, 0.5) is 0 Å². The van der Waals surface area contributed by atoms with E-state index in [4.69, 9.17) is 52.1 Å². The summed E-state index contributed by atoms with van der Waals surface area (Å²) < 4.78 is 62.5. The van der Waals surface area contributed by atoms with E-state index in [-0.39, 0.29) is 0 Å². The highest BCUT2D eigenvalue weighted by atomic mass is 16.8. The Morgan fingerprint density at radius 3 is 1.27 bits per heavy atom. The molecule has 6 fully saturated rings. The van der Waals surface area contributed by atoms with E-state index in [0.29, 0.717) is 0 Å². The fourth-order valence-corrected chi connectivity index (χ4v) is 8.49. The second-order valence-corrected chi connectivity index (χ2v) is 17.1. The van der Waals surface area contributed by atoms with Gasteiger partial charge >= 0.3 is 5.97 Å². The number of ether oxygens (including phenoxy) is 11. The van der Waals surface area contributed by atoms with Crippen molar-refractivity contribution in [2.45, 2.75) is 211 Å². The second-order valence-electron chi connectivity index (χ2n) is 17.1. The van der Waals surface area contributed by atoms with Crippen LogP contribution in [0.1, 0.15) is 27.2 Å². The summed E-state index contributed by atoms with van der Waals surface area (Å²) in [5.41, 5.74) is 0. The van der Waals surface area contributed by atoms with Gasteiger partial charge in [-0.3, -0.25) is 4.79 Å². The summed E-state index contributed by atoms with van der Waals surface area (Å²) in [6.45, 7) is 1.87. The Morgan fingerprint density at radius 1 is 0.364 bits per heavy atom. The van der Waals surface area contributed by atoms with Crippen LogP contribution >= 0.6 is 0 Å². The smallest absolute Gasteiger partial charge is 0.306 e. The third-order valence-corrected chi connectivity index (χ3v) is 12.5. The van der Waals surface area contributed by atoms with Gasteiger partial charge in [-0.05, 0) is 20.8 Å². The first-order chi connectivity index (χ1) is 31.0. The Hall–Kier alpha value is -1.61. The SMILES string of the molecule is C[C@@H]1O[C@@H](O[C@H]2[C@H](O[C@@H]3O[C@H](CO)[C@H](O)[C@H](O[C@H]4O[C@H](CO)[C@@H](O)[C@H](O)[C@H]4O[C@@H]4O[C@@H](C)[C@H](O)[C@@H](O)C4O)[C@H]3O)[C@@H](O)[C@@H](O[C@H]3C(O)O[C@@H](C)[C@H](O)[C@H]3O)O[C@@H]2CC(=O)O)[C@H](O)[C@H](O)[C@H]1O. The normalized spacial score (nSPS) is 53.9. The summed E-state index contributed by atoms with van der Waals surface area (Å²) in [5.74, 6) is -1.59. The molecule has 384 valence electrons. The van der Waals surface area contributed by atoms with E-state index in [0.717, 1.165) is 0 Å². The maximum Gasteiger partial charge on any atom is 0.306 e. The molecule has 2 unspecified atom stereocenters. The molecule has 29 nitrogen and oxygen atoms in total. The molecule has 0 aromatic carbocycles. The Morgan fingerprint density at radius 2 is 0.742 bits per heavy atom. The minimum absolute atomic E-state index is 0.962. The number of carboxylic acid groups (broad SMARTS) is 1. The van der Waals surface area contributed by atoms with E-state index >= 15 is 0 Å². The van der Waals surface area contributed by atoms with E-state index in [1.807, 2.05) is 0 Å². The Kier molecular flexibility index (Phi) is 18.1. The van der Waals surface area contributed by atoms with Gasteiger partial charge in [0, 0.05) is 0 Å². The van der Waals surface area contributed by atoms with Crippen LogP contribution in [0.2, 0.25) is 0 Å². The summed E-state index contributed by atoms with van der Waals surface area (Å²) in [4.78, 5) is 12.3. The van der Waals surface area contributed by atoms with Crippen molar-refractivity contribution in [1.82, 2.24) is 0 Å². The second kappa shape index (κ2) is 22.2. The lowest BCUT2D eigenvalue weighted by Crippen LogP contribution is -2.69. The minimum Gasteiger partial charge on any atom is -0.481 e.